The molecule has 2 rings (SSSR count). The van der Waals surface area contributed by atoms with Crippen LogP contribution >= 0.6 is 0 Å². The van der Waals surface area contributed by atoms with Gasteiger partial charge < -0.3 is 9.84 Å². The number of aryl methyl sites for hydroxylation is 2. The molecule has 0 fully saturated rings. The van der Waals surface area contributed by atoms with Crippen molar-refractivity contribution in [2.24, 2.45) is 0 Å². The molecule has 0 atom stereocenters. The summed E-state index contributed by atoms with van der Waals surface area (Å²) in [6, 6.07) is 0. The number of methoxy groups -OCH3 is 1. The molecule has 0 aliphatic heterocycles. The van der Waals surface area contributed by atoms with Crippen LogP contribution in [0, 0.1) is 13.8 Å². The first-order chi connectivity index (χ1) is 8.02. The third-order valence-electron chi connectivity index (χ3n) is 2.32. The highest BCUT2D eigenvalue weighted by Crippen LogP contribution is 2.25. The van der Waals surface area contributed by atoms with Crippen LogP contribution in [-0.4, -0.2) is 37.9 Å². The number of rotatable bonds is 3. The Bertz CT molecular complexity index is 591. The fourth-order valence-corrected chi connectivity index (χ4v) is 1.70. The van der Waals surface area contributed by atoms with Crippen LogP contribution in [0.3, 0.4) is 0 Å². The second-order valence-corrected chi connectivity index (χ2v) is 3.62. The molecular weight excluding hydrogens is 224 g/mol. The van der Waals surface area contributed by atoms with Gasteiger partial charge in [-0.15, -0.1) is 0 Å². The molecule has 0 radical (unpaired) electrons. The van der Waals surface area contributed by atoms with E-state index >= 15 is 0 Å². The lowest BCUT2D eigenvalue weighted by Gasteiger charge is -2.03. The van der Waals surface area contributed by atoms with Gasteiger partial charge >= 0.3 is 5.97 Å². The van der Waals surface area contributed by atoms with Crippen molar-refractivity contribution < 1.29 is 14.6 Å². The molecule has 2 heterocycles. The standard InChI is InChI=1S/C10H12N4O3/c1-5-8-9(14(13-5)4-7(15)16)11-6(2)12-10(8)17-3/h4H2,1-3H3,(H,15,16). The predicted octanol–water partition coefficient (Wildman–Crippen LogP) is 0.536. The maximum absolute atomic E-state index is 10.7. The van der Waals surface area contributed by atoms with Crippen LogP contribution in [0.4, 0.5) is 0 Å². The van der Waals surface area contributed by atoms with Gasteiger partial charge in [-0.3, -0.25) is 4.79 Å². The maximum atomic E-state index is 10.7. The molecule has 0 aliphatic carbocycles. The van der Waals surface area contributed by atoms with Crippen LogP contribution in [0.15, 0.2) is 0 Å². The minimum absolute atomic E-state index is 0.232. The topological polar surface area (TPSA) is 90.1 Å². The number of carbonyl (C=O) groups is 1. The molecule has 0 aliphatic rings. The number of carboxylic acids is 1. The molecule has 2 aromatic heterocycles. The Morgan fingerprint density at radius 1 is 1.41 bits per heavy atom. The van der Waals surface area contributed by atoms with Gasteiger partial charge in [-0.25, -0.2) is 9.67 Å². The van der Waals surface area contributed by atoms with Gasteiger partial charge in [0, 0.05) is 0 Å². The number of aliphatic carboxylic acids is 1. The van der Waals surface area contributed by atoms with Crippen molar-refractivity contribution in [2.75, 3.05) is 7.11 Å². The Balaban J connectivity index is 2.72. The van der Waals surface area contributed by atoms with Crippen LogP contribution in [0.1, 0.15) is 11.5 Å². The number of ether oxygens (including phenoxy) is 1. The zero-order valence-corrected chi connectivity index (χ0v) is 9.76. The van der Waals surface area contributed by atoms with E-state index in [9.17, 15) is 4.79 Å². The average molecular weight is 236 g/mol. The van der Waals surface area contributed by atoms with Gasteiger partial charge in [0.1, 0.15) is 17.8 Å². The number of hydrogen-bond donors (Lipinski definition) is 1. The summed E-state index contributed by atoms with van der Waals surface area (Å²) in [6.07, 6.45) is 0. The van der Waals surface area contributed by atoms with Crippen molar-refractivity contribution in [3.05, 3.63) is 11.5 Å². The Hall–Kier alpha value is -2.18. The molecule has 0 saturated carbocycles. The van der Waals surface area contributed by atoms with Gasteiger partial charge in [0.15, 0.2) is 5.65 Å². The lowest BCUT2D eigenvalue weighted by molar-refractivity contribution is -0.137. The fourth-order valence-electron chi connectivity index (χ4n) is 1.70. The first kappa shape index (κ1) is 11.3. The largest absolute Gasteiger partial charge is 0.480 e. The molecule has 0 saturated heterocycles. The minimum Gasteiger partial charge on any atom is -0.480 e. The van der Waals surface area contributed by atoms with Crippen LogP contribution in [-0.2, 0) is 11.3 Å². The maximum Gasteiger partial charge on any atom is 0.325 e. The first-order valence-electron chi connectivity index (χ1n) is 5.00. The van der Waals surface area contributed by atoms with Gasteiger partial charge in [0.2, 0.25) is 5.88 Å². The van der Waals surface area contributed by atoms with E-state index in [1.807, 2.05) is 0 Å². The Morgan fingerprint density at radius 2 is 2.12 bits per heavy atom. The Kier molecular flexibility index (Phi) is 2.66. The highest BCUT2D eigenvalue weighted by atomic mass is 16.5. The van der Waals surface area contributed by atoms with Crippen molar-refractivity contribution in [1.82, 2.24) is 19.7 Å². The Labute approximate surface area is 97.1 Å². The number of aromatic nitrogens is 4. The molecule has 17 heavy (non-hydrogen) atoms. The zero-order valence-electron chi connectivity index (χ0n) is 9.76. The summed E-state index contributed by atoms with van der Waals surface area (Å²) < 4.78 is 6.49. The molecule has 0 unspecified atom stereocenters. The van der Waals surface area contributed by atoms with E-state index in [4.69, 9.17) is 9.84 Å². The van der Waals surface area contributed by atoms with Gasteiger partial charge in [-0.1, -0.05) is 0 Å². The van der Waals surface area contributed by atoms with Crippen molar-refractivity contribution in [3.8, 4) is 5.88 Å². The lowest BCUT2D eigenvalue weighted by atomic mass is 10.3. The van der Waals surface area contributed by atoms with Gasteiger partial charge in [0.25, 0.3) is 0 Å². The van der Waals surface area contributed by atoms with Crippen molar-refractivity contribution in [2.45, 2.75) is 20.4 Å². The SMILES string of the molecule is COc1nc(C)nc2c1c(C)nn2CC(=O)O. The molecular formula is C10H12N4O3. The molecule has 0 bridgehead atoms. The van der Waals surface area contributed by atoms with Gasteiger partial charge in [0.05, 0.1) is 12.8 Å². The summed E-state index contributed by atoms with van der Waals surface area (Å²) in [6.45, 7) is 3.25. The predicted molar refractivity (Wildman–Crippen MR) is 59.0 cm³/mol. The molecule has 7 heteroatoms. The van der Waals surface area contributed by atoms with Crippen LogP contribution < -0.4 is 4.74 Å². The quantitative estimate of drug-likeness (QED) is 0.836. The van der Waals surface area contributed by atoms with Gasteiger partial charge in [-0.05, 0) is 13.8 Å². The third kappa shape index (κ3) is 1.91. The zero-order chi connectivity index (χ0) is 12.6. The summed E-state index contributed by atoms with van der Waals surface area (Å²) in [5.41, 5.74) is 1.13. The molecule has 2 aromatic rings. The van der Waals surface area contributed by atoms with E-state index in [1.165, 1.54) is 11.8 Å². The summed E-state index contributed by atoms with van der Waals surface area (Å²) in [4.78, 5) is 19.1. The van der Waals surface area contributed by atoms with Gasteiger partial charge in [-0.2, -0.15) is 10.1 Å². The third-order valence-corrected chi connectivity index (χ3v) is 2.32. The minimum atomic E-state index is -0.968. The second-order valence-electron chi connectivity index (χ2n) is 3.62. The van der Waals surface area contributed by atoms with Crippen LogP contribution in [0.25, 0.3) is 11.0 Å². The molecule has 90 valence electrons. The molecule has 0 amide bonds. The smallest absolute Gasteiger partial charge is 0.325 e. The van der Waals surface area contributed by atoms with E-state index in [0.29, 0.717) is 28.4 Å². The first-order valence-corrected chi connectivity index (χ1v) is 5.00. The van der Waals surface area contributed by atoms with E-state index in [2.05, 4.69) is 15.1 Å². The summed E-state index contributed by atoms with van der Waals surface area (Å²) >= 11 is 0. The number of hydrogen-bond acceptors (Lipinski definition) is 5. The van der Waals surface area contributed by atoms with E-state index in [0.717, 1.165) is 0 Å². The van der Waals surface area contributed by atoms with Crippen molar-refractivity contribution in [3.63, 3.8) is 0 Å². The molecule has 1 N–H and O–H groups in total. The van der Waals surface area contributed by atoms with E-state index in [1.54, 1.807) is 13.8 Å². The summed E-state index contributed by atoms with van der Waals surface area (Å²) in [5.74, 6) is -0.0350. The van der Waals surface area contributed by atoms with Crippen molar-refractivity contribution in [1.29, 1.82) is 0 Å². The molecule has 0 spiro atoms. The van der Waals surface area contributed by atoms with E-state index in [-0.39, 0.29) is 6.54 Å². The lowest BCUT2D eigenvalue weighted by Crippen LogP contribution is -2.11. The normalized spacial score (nSPS) is 10.8. The van der Waals surface area contributed by atoms with E-state index < -0.39 is 5.97 Å². The summed E-state index contributed by atoms with van der Waals surface area (Å²) in [7, 11) is 1.51. The van der Waals surface area contributed by atoms with Crippen molar-refractivity contribution >= 4 is 17.0 Å². The number of fused-ring (bicyclic) bond motifs is 1. The number of carboxylic acid groups (broad SMARTS) is 1. The Morgan fingerprint density at radius 3 is 2.71 bits per heavy atom. The number of nitrogens with zero attached hydrogens (tertiary/aromatic N) is 4. The highest BCUT2D eigenvalue weighted by Gasteiger charge is 2.17. The van der Waals surface area contributed by atoms with Crippen LogP contribution in [0.5, 0.6) is 5.88 Å². The molecule has 7 nitrogen and oxygen atoms in total. The monoisotopic (exact) mass is 236 g/mol. The second kappa shape index (κ2) is 4.00. The molecule has 0 aromatic carbocycles. The fraction of sp³-hybridized carbons (Fsp3) is 0.400. The summed E-state index contributed by atoms with van der Waals surface area (Å²) in [5, 5.41) is 13.6. The highest BCUT2D eigenvalue weighted by molar-refractivity contribution is 5.84. The average Bonchev–Trinajstić information content (AvgIpc) is 2.54. The van der Waals surface area contributed by atoms with Crippen LogP contribution in [0.2, 0.25) is 0 Å².